The third-order valence-electron chi connectivity index (χ3n) is 3.76. The molecule has 0 saturated heterocycles. The Hall–Kier alpha value is -1.92. The van der Waals surface area contributed by atoms with Gasteiger partial charge in [0.25, 0.3) is 5.91 Å². The van der Waals surface area contributed by atoms with E-state index in [0.29, 0.717) is 6.42 Å². The summed E-state index contributed by atoms with van der Waals surface area (Å²) < 4.78 is 0. The molecule has 0 bridgehead atoms. The van der Waals surface area contributed by atoms with Gasteiger partial charge in [-0.1, -0.05) is 51.9 Å². The molecule has 1 unspecified atom stereocenters. The molecule has 0 aromatic rings. The second-order valence-electron chi connectivity index (χ2n) is 5.94. The fourth-order valence-corrected chi connectivity index (χ4v) is 2.30. The molecule has 138 valence electrons. The van der Waals surface area contributed by atoms with Gasteiger partial charge < -0.3 is 15.5 Å². The number of carbonyl (C=O) groups excluding carboxylic acids is 2. The van der Waals surface area contributed by atoms with E-state index in [0.717, 1.165) is 19.3 Å². The van der Waals surface area contributed by atoms with Crippen LogP contribution in [-0.4, -0.2) is 39.9 Å². The number of carbonyl (C=O) groups is 4. The van der Waals surface area contributed by atoms with Gasteiger partial charge in [0.2, 0.25) is 5.78 Å². The SMILES string of the molecule is CCCCCCCCCCC(=O)C(=O)NC(CCC(=O)O)C(=O)O. The van der Waals surface area contributed by atoms with Crippen LogP contribution in [0.1, 0.15) is 77.6 Å². The summed E-state index contributed by atoms with van der Waals surface area (Å²) in [5, 5.41) is 19.6. The van der Waals surface area contributed by atoms with Crippen LogP contribution >= 0.6 is 0 Å². The number of nitrogens with one attached hydrogen (secondary N) is 1. The molecular formula is C17H29NO6. The van der Waals surface area contributed by atoms with E-state index in [1.54, 1.807) is 0 Å². The van der Waals surface area contributed by atoms with Gasteiger partial charge in [0.1, 0.15) is 6.04 Å². The predicted molar refractivity (Wildman–Crippen MR) is 88.7 cm³/mol. The molecule has 0 rings (SSSR count). The quantitative estimate of drug-likeness (QED) is 0.310. The normalized spacial score (nSPS) is 11.7. The van der Waals surface area contributed by atoms with Gasteiger partial charge >= 0.3 is 11.9 Å². The van der Waals surface area contributed by atoms with Crippen molar-refractivity contribution < 1.29 is 29.4 Å². The molecule has 0 fully saturated rings. The Morgan fingerprint density at radius 1 is 0.833 bits per heavy atom. The van der Waals surface area contributed by atoms with Crippen molar-refractivity contribution in [2.45, 2.75) is 83.6 Å². The molecule has 7 heteroatoms. The Morgan fingerprint density at radius 3 is 1.88 bits per heavy atom. The van der Waals surface area contributed by atoms with E-state index in [4.69, 9.17) is 10.2 Å². The highest BCUT2D eigenvalue weighted by Gasteiger charge is 2.23. The average Bonchev–Trinajstić information content (AvgIpc) is 2.52. The largest absolute Gasteiger partial charge is 0.481 e. The summed E-state index contributed by atoms with van der Waals surface area (Å²) in [5.74, 6) is -4.09. The Balaban J connectivity index is 3.93. The summed E-state index contributed by atoms with van der Waals surface area (Å²) in [5.41, 5.74) is 0. The van der Waals surface area contributed by atoms with Crippen LogP contribution < -0.4 is 5.32 Å². The molecule has 24 heavy (non-hydrogen) atoms. The van der Waals surface area contributed by atoms with E-state index in [9.17, 15) is 19.2 Å². The Morgan fingerprint density at radius 2 is 1.38 bits per heavy atom. The van der Waals surface area contributed by atoms with Crippen LogP contribution in [0.2, 0.25) is 0 Å². The fraction of sp³-hybridized carbons (Fsp3) is 0.765. The second-order valence-corrected chi connectivity index (χ2v) is 5.94. The summed E-state index contributed by atoms with van der Waals surface area (Å²) in [7, 11) is 0. The number of unbranched alkanes of at least 4 members (excludes halogenated alkanes) is 7. The van der Waals surface area contributed by atoms with Gasteiger partial charge in [0.05, 0.1) is 0 Å². The lowest BCUT2D eigenvalue weighted by Gasteiger charge is -2.12. The first-order valence-electron chi connectivity index (χ1n) is 8.66. The summed E-state index contributed by atoms with van der Waals surface area (Å²) >= 11 is 0. The lowest BCUT2D eigenvalue weighted by Crippen LogP contribution is -2.44. The maximum Gasteiger partial charge on any atom is 0.326 e. The zero-order valence-corrected chi connectivity index (χ0v) is 14.4. The molecule has 0 spiro atoms. The van der Waals surface area contributed by atoms with Crippen LogP contribution in [-0.2, 0) is 19.2 Å². The van der Waals surface area contributed by atoms with Crippen LogP contribution in [0.15, 0.2) is 0 Å². The predicted octanol–water partition coefficient (Wildman–Crippen LogP) is 2.52. The molecule has 0 aliphatic carbocycles. The minimum absolute atomic E-state index is 0.0893. The average molecular weight is 343 g/mol. The smallest absolute Gasteiger partial charge is 0.326 e. The standard InChI is InChI=1S/C17H29NO6/c1-2-3-4-5-6-7-8-9-10-14(19)16(22)18-13(17(23)24)11-12-15(20)21/h13H,2-12H2,1H3,(H,18,22)(H,20,21)(H,23,24). The summed E-state index contributed by atoms with van der Waals surface area (Å²) in [4.78, 5) is 44.8. The number of hydrogen-bond donors (Lipinski definition) is 3. The topological polar surface area (TPSA) is 121 Å². The van der Waals surface area contributed by atoms with E-state index in [1.807, 2.05) is 0 Å². The monoisotopic (exact) mass is 343 g/mol. The van der Waals surface area contributed by atoms with Gasteiger partial charge in [-0.25, -0.2) is 4.79 Å². The number of amides is 1. The Bertz CT molecular complexity index is 421. The summed E-state index contributed by atoms with van der Waals surface area (Å²) in [6.07, 6.45) is 7.93. The minimum atomic E-state index is -1.35. The fourth-order valence-electron chi connectivity index (χ4n) is 2.30. The number of hydrogen-bond acceptors (Lipinski definition) is 4. The highest BCUT2D eigenvalue weighted by molar-refractivity contribution is 6.36. The van der Waals surface area contributed by atoms with Crippen LogP contribution in [0, 0.1) is 0 Å². The molecule has 0 radical (unpaired) electrons. The molecule has 1 atom stereocenters. The molecule has 0 heterocycles. The van der Waals surface area contributed by atoms with Crippen molar-refractivity contribution in [1.82, 2.24) is 5.32 Å². The van der Waals surface area contributed by atoms with Crippen molar-refractivity contribution in [2.24, 2.45) is 0 Å². The van der Waals surface area contributed by atoms with Crippen LogP contribution in [0.4, 0.5) is 0 Å². The maximum absolute atomic E-state index is 11.7. The number of rotatable bonds is 15. The summed E-state index contributed by atoms with van der Waals surface area (Å²) in [6.45, 7) is 2.16. The van der Waals surface area contributed by atoms with Crippen molar-refractivity contribution >= 4 is 23.6 Å². The highest BCUT2D eigenvalue weighted by atomic mass is 16.4. The lowest BCUT2D eigenvalue weighted by molar-refractivity contribution is -0.145. The third kappa shape index (κ3) is 11.6. The van der Waals surface area contributed by atoms with Crippen molar-refractivity contribution in [3.05, 3.63) is 0 Å². The van der Waals surface area contributed by atoms with Crippen molar-refractivity contribution in [1.29, 1.82) is 0 Å². The second kappa shape index (κ2) is 13.5. The zero-order chi connectivity index (χ0) is 18.4. The number of aliphatic carboxylic acids is 2. The van der Waals surface area contributed by atoms with Crippen molar-refractivity contribution in [3.8, 4) is 0 Å². The first-order valence-corrected chi connectivity index (χ1v) is 8.66. The molecule has 3 N–H and O–H groups in total. The Labute approximate surface area is 142 Å². The highest BCUT2D eigenvalue weighted by Crippen LogP contribution is 2.10. The van der Waals surface area contributed by atoms with Gasteiger partial charge in [0.15, 0.2) is 0 Å². The van der Waals surface area contributed by atoms with Crippen LogP contribution in [0.25, 0.3) is 0 Å². The third-order valence-corrected chi connectivity index (χ3v) is 3.76. The molecule has 1 amide bonds. The van der Waals surface area contributed by atoms with Crippen molar-refractivity contribution in [2.75, 3.05) is 0 Å². The molecule has 0 aliphatic heterocycles. The van der Waals surface area contributed by atoms with Gasteiger partial charge in [-0.2, -0.15) is 0 Å². The van der Waals surface area contributed by atoms with Crippen molar-refractivity contribution in [3.63, 3.8) is 0 Å². The van der Waals surface area contributed by atoms with Gasteiger partial charge in [-0.3, -0.25) is 14.4 Å². The molecule has 7 nitrogen and oxygen atoms in total. The molecule has 0 aromatic heterocycles. The van der Waals surface area contributed by atoms with E-state index in [2.05, 4.69) is 12.2 Å². The number of ketones is 1. The molecule has 0 aromatic carbocycles. The van der Waals surface area contributed by atoms with Crippen LogP contribution in [0.3, 0.4) is 0 Å². The van der Waals surface area contributed by atoms with E-state index in [1.165, 1.54) is 25.7 Å². The number of Topliss-reactive ketones (excluding diaryl/α,β-unsaturated/α-hetero) is 1. The van der Waals surface area contributed by atoms with Gasteiger partial charge in [-0.15, -0.1) is 0 Å². The lowest BCUT2D eigenvalue weighted by atomic mass is 10.1. The minimum Gasteiger partial charge on any atom is -0.481 e. The van der Waals surface area contributed by atoms with Crippen LogP contribution in [0.5, 0.6) is 0 Å². The molecule has 0 aliphatic rings. The number of carboxylic acids is 2. The molecule has 0 saturated carbocycles. The van der Waals surface area contributed by atoms with E-state index < -0.39 is 29.7 Å². The van der Waals surface area contributed by atoms with Gasteiger partial charge in [-0.05, 0) is 12.8 Å². The Kier molecular flexibility index (Phi) is 12.4. The first kappa shape index (κ1) is 22.1. The zero-order valence-electron chi connectivity index (χ0n) is 14.4. The first-order chi connectivity index (χ1) is 11.4. The number of carboxylic acid groups (broad SMARTS) is 2. The van der Waals surface area contributed by atoms with E-state index in [-0.39, 0.29) is 19.3 Å². The summed E-state index contributed by atoms with van der Waals surface area (Å²) in [6, 6.07) is -1.35. The molecular weight excluding hydrogens is 314 g/mol. The van der Waals surface area contributed by atoms with Gasteiger partial charge in [0, 0.05) is 12.8 Å². The van der Waals surface area contributed by atoms with E-state index >= 15 is 0 Å². The maximum atomic E-state index is 11.7.